The van der Waals surface area contributed by atoms with Crippen LogP contribution in [0.1, 0.15) is 95.9 Å². The molecule has 9 atom stereocenters. The number of aliphatic hydroxyl groups is 1. The maximum Gasteiger partial charge on any atom is 0.245 e. The molecule has 27 heteroatoms. The lowest BCUT2D eigenvalue weighted by Crippen LogP contribution is -2.61. The Kier molecular flexibility index (Phi) is 23.7. The number of phenols is 1. The number of aromatic hydroxyl groups is 1. The van der Waals surface area contributed by atoms with Crippen molar-refractivity contribution in [1.82, 2.24) is 62.4 Å². The number of aromatic amines is 2. The summed E-state index contributed by atoms with van der Waals surface area (Å²) in [4.78, 5) is 153. The smallest absolute Gasteiger partial charge is 0.245 e. The minimum atomic E-state index is -1.75. The van der Waals surface area contributed by atoms with Crippen LogP contribution in [-0.4, -0.2) is 170 Å². The van der Waals surface area contributed by atoms with Gasteiger partial charge in [-0.15, -0.1) is 0 Å². The van der Waals surface area contributed by atoms with Gasteiger partial charge < -0.3 is 83.9 Å². The number of nitrogens with zero attached hydrogens (tertiary/aromatic N) is 3. The third kappa shape index (κ3) is 18.8. The number of hydrogen-bond donors (Lipinski definition) is 14. The number of nitrogens with two attached hydrogens (primary N) is 2. The molecule has 0 unspecified atom stereocenters. The quantitative estimate of drug-likeness (QED) is 0.0120. The minimum absolute atomic E-state index is 0.0455. The predicted octanol–water partition coefficient (Wildman–Crippen LogP) is -1.38. The van der Waals surface area contributed by atoms with Crippen molar-refractivity contribution in [2.45, 2.75) is 153 Å². The first-order chi connectivity index (χ1) is 40.1. The molecule has 0 bridgehead atoms. The van der Waals surface area contributed by atoms with E-state index in [1.54, 1.807) is 38.2 Å². The lowest BCUT2D eigenvalue weighted by Gasteiger charge is -2.30. The Morgan fingerprint density at radius 1 is 0.726 bits per heavy atom. The second-order valence-electron chi connectivity index (χ2n) is 22.1. The molecule has 454 valence electrons. The van der Waals surface area contributed by atoms with Gasteiger partial charge in [0, 0.05) is 67.8 Å². The molecule has 16 N–H and O–H groups in total. The Balaban J connectivity index is 1.22. The van der Waals surface area contributed by atoms with Gasteiger partial charge in [-0.3, -0.25) is 48.1 Å². The van der Waals surface area contributed by atoms with Crippen molar-refractivity contribution < 1.29 is 58.2 Å². The molecular formula is C57H79N15O12. The van der Waals surface area contributed by atoms with Crippen LogP contribution in [0.25, 0.3) is 10.9 Å². The second-order valence-corrected chi connectivity index (χ2v) is 22.1. The molecule has 4 aromatic rings. The highest BCUT2D eigenvalue weighted by atomic mass is 16.3. The number of fused-ring (bicyclic) bond motifs is 1. The molecule has 6 rings (SSSR count). The Labute approximate surface area is 485 Å². The van der Waals surface area contributed by atoms with Crippen LogP contribution in [0.15, 0.2) is 72.2 Å². The summed E-state index contributed by atoms with van der Waals surface area (Å²) < 4.78 is 0. The van der Waals surface area contributed by atoms with Gasteiger partial charge in [0.2, 0.25) is 53.2 Å². The average Bonchev–Trinajstić information content (AvgIpc) is 4.51. The summed E-state index contributed by atoms with van der Waals surface area (Å²) in [6, 6.07) is 1.74. The molecule has 2 aliphatic heterocycles. The maximum atomic E-state index is 14.6. The molecule has 2 saturated heterocycles. The van der Waals surface area contributed by atoms with Crippen LogP contribution < -0.4 is 54.0 Å². The second kappa shape index (κ2) is 31.0. The van der Waals surface area contributed by atoms with Crippen molar-refractivity contribution in [3.8, 4) is 5.75 Å². The number of aliphatic imine (C=N–C) groups is 1. The number of aldehydes is 1. The lowest BCUT2D eigenvalue weighted by atomic mass is 9.98. The molecule has 2 aromatic heterocycles. The van der Waals surface area contributed by atoms with Crippen LogP contribution in [0.5, 0.6) is 5.75 Å². The number of para-hydroxylation sites is 1. The molecule has 0 saturated carbocycles. The van der Waals surface area contributed by atoms with E-state index in [1.165, 1.54) is 41.7 Å². The summed E-state index contributed by atoms with van der Waals surface area (Å²) in [6.07, 6.45) is 6.62. The summed E-state index contributed by atoms with van der Waals surface area (Å²) in [5, 5.41) is 43.0. The zero-order chi connectivity index (χ0) is 61.0. The molecular weight excluding hydrogens is 1090 g/mol. The summed E-state index contributed by atoms with van der Waals surface area (Å²) in [5.74, 6) is -7.17. The van der Waals surface area contributed by atoms with Crippen molar-refractivity contribution in [1.29, 1.82) is 0 Å². The molecule has 9 amide bonds. The molecule has 84 heavy (non-hydrogen) atoms. The SMILES string of the molecule is CC(C)C[C@H](NC(=O)[C@@H](CC(C)C)NC(=O)[C@H](Cc1ccc(O)cc1)NC(=O)[C@@H](CO)NC(=O)[C@H](Cc1c[nH]c2ccccc12)NC(=O)[C@H](Cc1cnc[nH]1)NC(=O)[C@@H]1CCC(=O)N1)C(=O)N[C@@H](CCCN=C(N)N)C(=O)N1CCC[C@H]1C=O. The van der Waals surface area contributed by atoms with Gasteiger partial charge in [0.05, 0.1) is 19.0 Å². The normalized spacial score (nSPS) is 17.4. The molecule has 2 aromatic carbocycles. The van der Waals surface area contributed by atoms with E-state index in [1.807, 2.05) is 19.9 Å². The maximum absolute atomic E-state index is 14.6. The number of aromatic nitrogens is 3. The monoisotopic (exact) mass is 1170 g/mol. The van der Waals surface area contributed by atoms with E-state index in [4.69, 9.17) is 11.5 Å². The molecule has 2 aliphatic rings. The first-order valence-electron chi connectivity index (χ1n) is 28.3. The van der Waals surface area contributed by atoms with Gasteiger partial charge in [-0.05, 0) is 86.1 Å². The Morgan fingerprint density at radius 3 is 1.87 bits per heavy atom. The van der Waals surface area contributed by atoms with Gasteiger partial charge in [0.25, 0.3) is 0 Å². The summed E-state index contributed by atoms with van der Waals surface area (Å²) in [6.45, 7) is 6.74. The third-order valence-electron chi connectivity index (χ3n) is 14.5. The number of phenolic OH excluding ortho intramolecular Hbond substituents is 1. The Morgan fingerprint density at radius 2 is 1.30 bits per heavy atom. The molecule has 0 aliphatic carbocycles. The minimum Gasteiger partial charge on any atom is -0.508 e. The van der Waals surface area contributed by atoms with E-state index >= 15 is 0 Å². The number of aliphatic hydroxyl groups excluding tert-OH is 1. The van der Waals surface area contributed by atoms with Crippen LogP contribution >= 0.6 is 0 Å². The Bertz CT molecular complexity index is 2960. The van der Waals surface area contributed by atoms with Crippen molar-refractivity contribution in [3.63, 3.8) is 0 Å². The van der Waals surface area contributed by atoms with Gasteiger partial charge in [-0.2, -0.15) is 0 Å². The first kappa shape index (κ1) is 64.3. The summed E-state index contributed by atoms with van der Waals surface area (Å²) >= 11 is 0. The predicted molar refractivity (Wildman–Crippen MR) is 307 cm³/mol. The number of carbonyl (C=O) groups is 10. The van der Waals surface area contributed by atoms with Gasteiger partial charge in [0.15, 0.2) is 5.96 Å². The molecule has 2 fully saturated rings. The molecule has 4 heterocycles. The number of carbonyl (C=O) groups excluding carboxylic acids is 10. The summed E-state index contributed by atoms with van der Waals surface area (Å²) in [7, 11) is 0. The van der Waals surface area contributed by atoms with E-state index in [0.717, 1.165) is 5.52 Å². The number of amides is 9. The van der Waals surface area contributed by atoms with Crippen LogP contribution in [0.2, 0.25) is 0 Å². The summed E-state index contributed by atoms with van der Waals surface area (Å²) in [5.41, 5.74) is 13.2. The topological polar surface area (TPSA) is 420 Å². The number of likely N-dealkylation sites (tertiary alicyclic amines) is 1. The van der Waals surface area contributed by atoms with E-state index in [-0.39, 0.29) is 93.8 Å². The van der Waals surface area contributed by atoms with E-state index < -0.39 is 108 Å². The standard InChI is InChI=1S/C57H79N15O12/c1-31(2)21-42(50(78)65-41(12-7-19-61-57(58)59)56(84)72-20-8-9-36(72)28-73)66-51(79)43(22-32(3)4)67-52(80)44(23-33-13-15-37(75)16-14-33)68-55(83)47(29-74)71-53(81)45(24-34-26-62-39-11-6-5-10-38(34)39)69-54(82)46(25-35-27-60-30-63-35)70-49(77)40-17-18-48(76)64-40/h5-6,10-11,13-16,26-28,30-32,36,40-47,62,74-75H,7-9,12,17-25,29H2,1-4H3,(H,60,63)(H,64,76)(H,65,78)(H,66,79)(H,67,80)(H,68,83)(H,69,82)(H,70,77)(H,71,81)(H4,58,59,61)/t36-,40-,41-,42-,43+,44-,45-,46-,47+/m0/s1. The number of benzene rings is 2. The number of nitrogens with one attached hydrogen (secondary N) is 10. The van der Waals surface area contributed by atoms with Gasteiger partial charge in [-0.25, -0.2) is 4.98 Å². The van der Waals surface area contributed by atoms with Crippen LogP contribution in [-0.2, 0) is 67.2 Å². The van der Waals surface area contributed by atoms with Gasteiger partial charge in [0.1, 0.15) is 60.4 Å². The molecule has 27 nitrogen and oxygen atoms in total. The zero-order valence-corrected chi connectivity index (χ0v) is 47.7. The fraction of sp³-hybridized carbons (Fsp3) is 0.509. The van der Waals surface area contributed by atoms with Crippen LogP contribution in [0.3, 0.4) is 0 Å². The highest BCUT2D eigenvalue weighted by molar-refractivity contribution is 5.99. The highest BCUT2D eigenvalue weighted by Gasteiger charge is 2.38. The molecule has 0 radical (unpaired) electrons. The Hall–Kier alpha value is -8.88. The number of H-pyrrole nitrogens is 2. The van der Waals surface area contributed by atoms with E-state index in [0.29, 0.717) is 47.9 Å². The van der Waals surface area contributed by atoms with E-state index in [9.17, 15) is 58.2 Å². The zero-order valence-electron chi connectivity index (χ0n) is 47.7. The number of hydrogen-bond acceptors (Lipinski definition) is 14. The number of guanidine groups is 1. The first-order valence-corrected chi connectivity index (χ1v) is 28.3. The van der Waals surface area contributed by atoms with Crippen molar-refractivity contribution in [3.05, 3.63) is 84.1 Å². The third-order valence-corrected chi connectivity index (χ3v) is 14.5. The largest absolute Gasteiger partial charge is 0.508 e. The number of imidazole rings is 1. The lowest BCUT2D eigenvalue weighted by molar-refractivity contribution is -0.140. The number of rotatable bonds is 31. The van der Waals surface area contributed by atoms with Gasteiger partial charge >= 0.3 is 0 Å². The molecule has 0 spiro atoms. The van der Waals surface area contributed by atoms with Gasteiger partial charge in [-0.1, -0.05) is 58.0 Å². The average molecular weight is 1170 g/mol. The van der Waals surface area contributed by atoms with Crippen molar-refractivity contribution >= 4 is 76.3 Å². The fourth-order valence-corrected chi connectivity index (χ4v) is 10.1. The van der Waals surface area contributed by atoms with E-state index in [2.05, 4.69) is 62.5 Å². The fourth-order valence-electron chi connectivity index (χ4n) is 10.1. The van der Waals surface area contributed by atoms with Crippen LogP contribution in [0, 0.1) is 11.8 Å². The van der Waals surface area contributed by atoms with Crippen LogP contribution in [0.4, 0.5) is 0 Å². The van der Waals surface area contributed by atoms with Crippen molar-refractivity contribution in [2.75, 3.05) is 19.7 Å². The van der Waals surface area contributed by atoms with Crippen molar-refractivity contribution in [2.24, 2.45) is 28.3 Å². The highest BCUT2D eigenvalue weighted by Crippen LogP contribution is 2.22.